The van der Waals surface area contributed by atoms with Crippen LogP contribution in [0.2, 0.25) is 0 Å². The van der Waals surface area contributed by atoms with Crippen molar-refractivity contribution in [2.45, 2.75) is 13.8 Å². The van der Waals surface area contributed by atoms with Gasteiger partial charge < -0.3 is 15.2 Å². The SMILES string of the molecule is COc1ccc(NC(=O)C(C(=O)NN=Cc2cc(Br)ccc2O)C(C)C)cc1. The summed E-state index contributed by atoms with van der Waals surface area (Å²) in [5.74, 6) is -1.45. The van der Waals surface area contributed by atoms with Gasteiger partial charge in [0.1, 0.15) is 17.4 Å². The number of rotatable bonds is 7. The lowest BCUT2D eigenvalue weighted by Crippen LogP contribution is -2.39. The van der Waals surface area contributed by atoms with Gasteiger partial charge in [0.15, 0.2) is 0 Å². The molecule has 0 aliphatic heterocycles. The zero-order valence-electron chi connectivity index (χ0n) is 15.8. The number of anilines is 1. The lowest BCUT2D eigenvalue weighted by molar-refractivity contribution is -0.134. The molecule has 1 unspecified atom stereocenters. The molecule has 2 rings (SSSR count). The summed E-state index contributed by atoms with van der Waals surface area (Å²) in [4.78, 5) is 25.1. The summed E-state index contributed by atoms with van der Waals surface area (Å²) in [6.45, 7) is 3.56. The van der Waals surface area contributed by atoms with E-state index < -0.39 is 17.7 Å². The fourth-order valence-corrected chi connectivity index (χ4v) is 2.86. The van der Waals surface area contributed by atoms with Crippen molar-refractivity contribution in [2.75, 3.05) is 12.4 Å². The standard InChI is InChI=1S/C20H22BrN3O4/c1-12(2)18(19(26)23-15-5-7-16(28-3)8-6-15)20(27)24-22-11-13-10-14(21)4-9-17(13)25/h4-12,18,25H,1-3H3,(H,23,26)(H,24,27). The number of amides is 2. The average molecular weight is 448 g/mol. The van der Waals surface area contributed by atoms with Crippen molar-refractivity contribution in [2.24, 2.45) is 16.9 Å². The number of halogens is 1. The molecular formula is C20H22BrN3O4. The van der Waals surface area contributed by atoms with Gasteiger partial charge in [-0.25, -0.2) is 5.43 Å². The topological polar surface area (TPSA) is 100 Å². The normalized spacial score (nSPS) is 12.0. The maximum atomic E-state index is 12.6. The monoisotopic (exact) mass is 447 g/mol. The Bertz CT molecular complexity index is 866. The van der Waals surface area contributed by atoms with Crippen molar-refractivity contribution in [1.29, 1.82) is 0 Å². The van der Waals surface area contributed by atoms with E-state index in [1.807, 2.05) is 0 Å². The molecule has 0 aromatic heterocycles. The third kappa shape index (κ3) is 5.82. The van der Waals surface area contributed by atoms with Crippen LogP contribution in [-0.2, 0) is 9.59 Å². The van der Waals surface area contributed by atoms with Crippen molar-refractivity contribution >= 4 is 39.6 Å². The van der Waals surface area contributed by atoms with E-state index in [9.17, 15) is 14.7 Å². The Labute approximate surface area is 171 Å². The summed E-state index contributed by atoms with van der Waals surface area (Å²) in [6.07, 6.45) is 1.32. The minimum absolute atomic E-state index is 0.0267. The van der Waals surface area contributed by atoms with E-state index in [-0.39, 0.29) is 11.7 Å². The van der Waals surface area contributed by atoms with E-state index in [4.69, 9.17) is 4.74 Å². The van der Waals surface area contributed by atoms with Crippen LogP contribution in [0.15, 0.2) is 52.0 Å². The number of methoxy groups -OCH3 is 1. The number of nitrogens with zero attached hydrogens (tertiary/aromatic N) is 1. The van der Waals surface area contributed by atoms with Crippen LogP contribution in [0.25, 0.3) is 0 Å². The maximum absolute atomic E-state index is 12.6. The van der Waals surface area contributed by atoms with E-state index >= 15 is 0 Å². The van der Waals surface area contributed by atoms with Crippen molar-refractivity contribution in [3.63, 3.8) is 0 Å². The van der Waals surface area contributed by atoms with Crippen molar-refractivity contribution in [3.05, 3.63) is 52.5 Å². The molecule has 0 saturated carbocycles. The number of phenols is 1. The Morgan fingerprint density at radius 3 is 2.43 bits per heavy atom. The van der Waals surface area contributed by atoms with Gasteiger partial charge in [0.25, 0.3) is 5.91 Å². The second-order valence-corrected chi connectivity index (χ2v) is 7.29. The molecule has 0 bridgehead atoms. The van der Waals surface area contributed by atoms with Crippen LogP contribution in [0.1, 0.15) is 19.4 Å². The van der Waals surface area contributed by atoms with Gasteiger partial charge in [-0.05, 0) is 48.4 Å². The summed E-state index contributed by atoms with van der Waals surface area (Å²) in [5.41, 5.74) is 3.36. The average Bonchev–Trinajstić information content (AvgIpc) is 2.65. The maximum Gasteiger partial charge on any atom is 0.252 e. The highest BCUT2D eigenvalue weighted by molar-refractivity contribution is 9.10. The molecule has 28 heavy (non-hydrogen) atoms. The Kier molecular flexibility index (Phi) is 7.57. The highest BCUT2D eigenvalue weighted by atomic mass is 79.9. The van der Waals surface area contributed by atoms with Gasteiger partial charge in [-0.1, -0.05) is 29.8 Å². The van der Waals surface area contributed by atoms with Gasteiger partial charge >= 0.3 is 0 Å². The van der Waals surface area contributed by atoms with Crippen molar-refractivity contribution in [1.82, 2.24) is 5.43 Å². The molecule has 0 aliphatic rings. The molecule has 0 aliphatic carbocycles. The van der Waals surface area contributed by atoms with Crippen LogP contribution in [0, 0.1) is 11.8 Å². The Morgan fingerprint density at radius 2 is 1.82 bits per heavy atom. The first-order chi connectivity index (χ1) is 13.3. The molecule has 0 spiro atoms. The summed E-state index contributed by atoms with van der Waals surface area (Å²) in [7, 11) is 1.56. The number of hydrogen-bond acceptors (Lipinski definition) is 5. The summed E-state index contributed by atoms with van der Waals surface area (Å²) in [5, 5.41) is 16.4. The minimum atomic E-state index is -0.935. The van der Waals surface area contributed by atoms with Crippen LogP contribution in [-0.4, -0.2) is 30.2 Å². The summed E-state index contributed by atoms with van der Waals surface area (Å²) in [6, 6.07) is 11.7. The number of hydrogen-bond donors (Lipinski definition) is 3. The largest absolute Gasteiger partial charge is 0.507 e. The van der Waals surface area contributed by atoms with Gasteiger partial charge in [-0.3, -0.25) is 9.59 Å². The first-order valence-electron chi connectivity index (χ1n) is 8.58. The molecule has 0 heterocycles. The Morgan fingerprint density at radius 1 is 1.14 bits per heavy atom. The molecular weight excluding hydrogens is 426 g/mol. The van der Waals surface area contributed by atoms with Crippen LogP contribution in [0.4, 0.5) is 5.69 Å². The number of ether oxygens (including phenoxy) is 1. The lowest BCUT2D eigenvalue weighted by Gasteiger charge is -2.18. The smallest absolute Gasteiger partial charge is 0.252 e. The highest BCUT2D eigenvalue weighted by Gasteiger charge is 2.29. The predicted molar refractivity (Wildman–Crippen MR) is 111 cm³/mol. The first-order valence-corrected chi connectivity index (χ1v) is 9.37. The molecule has 7 nitrogen and oxygen atoms in total. The molecule has 0 fully saturated rings. The van der Waals surface area contributed by atoms with Gasteiger partial charge in [0.05, 0.1) is 13.3 Å². The molecule has 2 aromatic rings. The number of carbonyl (C=O) groups excluding carboxylic acids is 2. The molecule has 2 aromatic carbocycles. The molecule has 1 atom stereocenters. The fraction of sp³-hybridized carbons (Fsp3) is 0.250. The number of nitrogens with one attached hydrogen (secondary N) is 2. The third-order valence-corrected chi connectivity index (χ3v) is 4.45. The summed E-state index contributed by atoms with van der Waals surface area (Å²) >= 11 is 3.30. The van der Waals surface area contributed by atoms with E-state index in [1.165, 1.54) is 12.3 Å². The molecule has 148 valence electrons. The van der Waals surface area contributed by atoms with Gasteiger partial charge in [0.2, 0.25) is 5.91 Å². The predicted octanol–water partition coefficient (Wildman–Crippen LogP) is 3.52. The van der Waals surface area contributed by atoms with Crippen LogP contribution < -0.4 is 15.5 Å². The van der Waals surface area contributed by atoms with E-state index in [0.717, 1.165) is 4.47 Å². The first kappa shape index (κ1) is 21.4. The van der Waals surface area contributed by atoms with E-state index in [2.05, 4.69) is 31.8 Å². The van der Waals surface area contributed by atoms with Crippen LogP contribution >= 0.6 is 15.9 Å². The van der Waals surface area contributed by atoms with E-state index in [1.54, 1.807) is 57.4 Å². The fourth-order valence-electron chi connectivity index (χ4n) is 2.48. The second kappa shape index (κ2) is 9.89. The van der Waals surface area contributed by atoms with Crippen molar-refractivity contribution < 1.29 is 19.4 Å². The Balaban J connectivity index is 2.04. The van der Waals surface area contributed by atoms with Crippen LogP contribution in [0.3, 0.4) is 0 Å². The highest BCUT2D eigenvalue weighted by Crippen LogP contribution is 2.20. The molecule has 0 saturated heterocycles. The number of carbonyl (C=O) groups is 2. The zero-order chi connectivity index (χ0) is 20.7. The lowest BCUT2D eigenvalue weighted by atomic mass is 9.94. The number of benzene rings is 2. The second-order valence-electron chi connectivity index (χ2n) is 6.38. The molecule has 2 amide bonds. The van der Waals surface area contributed by atoms with Gasteiger partial charge in [-0.2, -0.15) is 5.10 Å². The number of aromatic hydroxyl groups is 1. The van der Waals surface area contributed by atoms with Gasteiger partial charge in [0, 0.05) is 15.7 Å². The molecule has 8 heteroatoms. The Hall–Kier alpha value is -2.87. The summed E-state index contributed by atoms with van der Waals surface area (Å²) < 4.78 is 5.84. The van der Waals surface area contributed by atoms with Gasteiger partial charge in [-0.15, -0.1) is 0 Å². The molecule has 0 radical (unpaired) electrons. The van der Waals surface area contributed by atoms with Crippen molar-refractivity contribution in [3.8, 4) is 11.5 Å². The number of hydrazone groups is 1. The van der Waals surface area contributed by atoms with E-state index in [0.29, 0.717) is 17.0 Å². The zero-order valence-corrected chi connectivity index (χ0v) is 17.4. The molecule has 3 N–H and O–H groups in total. The quantitative estimate of drug-likeness (QED) is 0.343. The number of phenolic OH excluding ortho intramolecular Hbond substituents is 1. The van der Waals surface area contributed by atoms with Crippen LogP contribution in [0.5, 0.6) is 11.5 Å². The minimum Gasteiger partial charge on any atom is -0.507 e. The third-order valence-electron chi connectivity index (χ3n) is 3.96.